The van der Waals surface area contributed by atoms with Crippen LogP contribution in [0.5, 0.6) is 0 Å². The van der Waals surface area contributed by atoms with Gasteiger partial charge in [-0.2, -0.15) is 8.78 Å². The highest BCUT2D eigenvalue weighted by molar-refractivity contribution is 5.78. The second kappa shape index (κ2) is 7.38. The molecule has 22 heavy (non-hydrogen) atoms. The first-order valence-electron chi connectivity index (χ1n) is 8.24. The van der Waals surface area contributed by atoms with Crippen molar-refractivity contribution in [1.82, 2.24) is 0 Å². The maximum atomic E-state index is 14.0. The summed E-state index contributed by atoms with van der Waals surface area (Å²) < 4.78 is 33.2. The van der Waals surface area contributed by atoms with Gasteiger partial charge in [-0.25, -0.2) is 4.79 Å². The first-order valence-corrected chi connectivity index (χ1v) is 8.24. The molecule has 0 bridgehead atoms. The minimum Gasteiger partial charge on any atom is -0.477 e. The van der Waals surface area contributed by atoms with Crippen LogP contribution in [0, 0.1) is 11.8 Å². The van der Waals surface area contributed by atoms with Crippen LogP contribution >= 0.6 is 0 Å². The van der Waals surface area contributed by atoms with E-state index in [0.717, 1.165) is 38.5 Å². The van der Waals surface area contributed by atoms with Crippen LogP contribution in [-0.4, -0.2) is 29.1 Å². The summed E-state index contributed by atoms with van der Waals surface area (Å²) in [5, 5.41) is 8.82. The Hall–Kier alpha value is -1.20. The molecule has 2 rings (SSSR count). The second-order valence-electron chi connectivity index (χ2n) is 6.52. The third-order valence-electron chi connectivity index (χ3n) is 4.90. The molecule has 0 heterocycles. The zero-order valence-electron chi connectivity index (χ0n) is 12.7. The molecule has 6 heteroatoms. The second-order valence-corrected chi connectivity index (χ2v) is 6.52. The van der Waals surface area contributed by atoms with Crippen molar-refractivity contribution >= 4 is 11.9 Å². The number of carbonyl (C=O) groups excluding carboxylic acids is 1. The molecule has 0 aromatic heterocycles. The standard InChI is InChI=1S/C16H24F2O4/c17-16(18,15(20)21)13(11-7-3-1-4-8-11)22-14(19)12-9-5-2-6-10-12/h11-13H,1-10H2,(H,20,21). The lowest BCUT2D eigenvalue weighted by molar-refractivity contribution is -0.204. The van der Waals surface area contributed by atoms with Crippen LogP contribution in [0.2, 0.25) is 0 Å². The van der Waals surface area contributed by atoms with Gasteiger partial charge in [0, 0.05) is 5.92 Å². The predicted molar refractivity (Wildman–Crippen MR) is 75.6 cm³/mol. The summed E-state index contributed by atoms with van der Waals surface area (Å²) in [5.74, 6) is -7.79. The summed E-state index contributed by atoms with van der Waals surface area (Å²) in [6.07, 6.45) is 5.78. The Morgan fingerprint density at radius 2 is 1.45 bits per heavy atom. The molecular formula is C16H24F2O4. The van der Waals surface area contributed by atoms with Crippen molar-refractivity contribution in [3.63, 3.8) is 0 Å². The molecule has 0 aromatic rings. The van der Waals surface area contributed by atoms with E-state index in [1.807, 2.05) is 0 Å². The van der Waals surface area contributed by atoms with Gasteiger partial charge in [0.2, 0.25) is 0 Å². The van der Waals surface area contributed by atoms with Crippen molar-refractivity contribution < 1.29 is 28.2 Å². The maximum Gasteiger partial charge on any atom is 0.378 e. The molecule has 0 saturated heterocycles. The van der Waals surface area contributed by atoms with Crippen LogP contribution in [0.3, 0.4) is 0 Å². The molecule has 0 spiro atoms. The summed E-state index contributed by atoms with van der Waals surface area (Å²) in [4.78, 5) is 23.1. The highest BCUT2D eigenvalue weighted by atomic mass is 19.3. The fourth-order valence-corrected chi connectivity index (χ4v) is 3.58. The number of hydrogen-bond donors (Lipinski definition) is 1. The van der Waals surface area contributed by atoms with Gasteiger partial charge in [-0.1, -0.05) is 38.5 Å². The Balaban J connectivity index is 2.09. The molecule has 2 aliphatic rings. The van der Waals surface area contributed by atoms with E-state index in [1.165, 1.54) is 0 Å². The van der Waals surface area contributed by atoms with Gasteiger partial charge in [0.05, 0.1) is 5.92 Å². The molecule has 2 saturated carbocycles. The van der Waals surface area contributed by atoms with Gasteiger partial charge >= 0.3 is 17.9 Å². The molecule has 0 radical (unpaired) electrons. The third kappa shape index (κ3) is 3.96. The van der Waals surface area contributed by atoms with Crippen molar-refractivity contribution in [3.05, 3.63) is 0 Å². The van der Waals surface area contributed by atoms with E-state index in [-0.39, 0.29) is 5.92 Å². The zero-order chi connectivity index (χ0) is 16.2. The molecule has 0 amide bonds. The van der Waals surface area contributed by atoms with E-state index >= 15 is 0 Å². The van der Waals surface area contributed by atoms with Crippen LogP contribution in [0.4, 0.5) is 8.78 Å². The third-order valence-corrected chi connectivity index (χ3v) is 4.90. The average molecular weight is 318 g/mol. The molecule has 2 aliphatic carbocycles. The molecule has 1 unspecified atom stereocenters. The van der Waals surface area contributed by atoms with Crippen molar-refractivity contribution in [3.8, 4) is 0 Å². The largest absolute Gasteiger partial charge is 0.477 e. The van der Waals surface area contributed by atoms with Gasteiger partial charge in [-0.15, -0.1) is 0 Å². The van der Waals surface area contributed by atoms with Gasteiger partial charge in [-0.3, -0.25) is 4.79 Å². The Morgan fingerprint density at radius 3 is 1.95 bits per heavy atom. The van der Waals surface area contributed by atoms with Crippen LogP contribution in [0.15, 0.2) is 0 Å². The van der Waals surface area contributed by atoms with Crippen LogP contribution in [0.25, 0.3) is 0 Å². The number of aliphatic carboxylic acids is 1. The number of esters is 1. The lowest BCUT2D eigenvalue weighted by atomic mass is 9.82. The van der Waals surface area contributed by atoms with Crippen LogP contribution in [0.1, 0.15) is 64.2 Å². The van der Waals surface area contributed by atoms with E-state index in [1.54, 1.807) is 0 Å². The van der Waals surface area contributed by atoms with Gasteiger partial charge in [0.15, 0.2) is 6.10 Å². The number of alkyl halides is 2. The Labute approximate surface area is 129 Å². The maximum absolute atomic E-state index is 14.0. The number of carbonyl (C=O) groups is 2. The first kappa shape index (κ1) is 17.2. The first-order chi connectivity index (χ1) is 10.4. The van der Waals surface area contributed by atoms with Crippen molar-refractivity contribution in [2.75, 3.05) is 0 Å². The summed E-state index contributed by atoms with van der Waals surface area (Å²) in [7, 11) is 0. The van der Waals surface area contributed by atoms with Gasteiger partial charge in [0.25, 0.3) is 0 Å². The monoisotopic (exact) mass is 318 g/mol. The minimum absolute atomic E-state index is 0.357. The zero-order valence-corrected chi connectivity index (χ0v) is 12.7. The van der Waals surface area contributed by atoms with E-state index in [2.05, 4.69) is 0 Å². The molecule has 1 N–H and O–H groups in total. The van der Waals surface area contributed by atoms with E-state index in [9.17, 15) is 18.4 Å². The lowest BCUT2D eigenvalue weighted by Crippen LogP contribution is -2.49. The number of hydrogen-bond acceptors (Lipinski definition) is 3. The van der Waals surface area contributed by atoms with Crippen molar-refractivity contribution in [2.24, 2.45) is 11.8 Å². The normalized spacial score (nSPS) is 23.0. The lowest BCUT2D eigenvalue weighted by Gasteiger charge is -2.34. The Kier molecular flexibility index (Phi) is 5.75. The highest BCUT2D eigenvalue weighted by Crippen LogP contribution is 2.37. The molecule has 0 aromatic carbocycles. The number of ether oxygens (including phenoxy) is 1. The molecule has 126 valence electrons. The topological polar surface area (TPSA) is 63.6 Å². The number of halogens is 2. The summed E-state index contributed by atoms with van der Waals surface area (Å²) >= 11 is 0. The average Bonchev–Trinajstić information content (AvgIpc) is 2.53. The Bertz CT molecular complexity index is 399. The quantitative estimate of drug-likeness (QED) is 0.784. The molecule has 2 fully saturated rings. The van der Waals surface area contributed by atoms with Gasteiger partial charge < -0.3 is 9.84 Å². The van der Waals surface area contributed by atoms with Crippen molar-refractivity contribution in [2.45, 2.75) is 76.2 Å². The number of carboxylic acids is 1. The van der Waals surface area contributed by atoms with Crippen LogP contribution < -0.4 is 0 Å². The van der Waals surface area contributed by atoms with E-state index in [0.29, 0.717) is 25.7 Å². The molecular weight excluding hydrogens is 294 g/mol. The minimum atomic E-state index is -4.02. The SMILES string of the molecule is O=C(OC(C1CCCCC1)C(F)(F)C(=O)O)C1CCCCC1. The van der Waals surface area contributed by atoms with Gasteiger partial charge in [-0.05, 0) is 25.7 Å². The number of rotatable bonds is 5. The van der Waals surface area contributed by atoms with Crippen molar-refractivity contribution in [1.29, 1.82) is 0 Å². The molecule has 1 atom stereocenters. The van der Waals surface area contributed by atoms with Crippen LogP contribution in [-0.2, 0) is 14.3 Å². The summed E-state index contributed by atoms with van der Waals surface area (Å²) in [6, 6.07) is 0. The summed E-state index contributed by atoms with van der Waals surface area (Å²) in [5.41, 5.74) is 0. The van der Waals surface area contributed by atoms with Gasteiger partial charge in [0.1, 0.15) is 0 Å². The van der Waals surface area contributed by atoms with E-state index < -0.39 is 29.9 Å². The predicted octanol–water partition coefficient (Wildman–Crippen LogP) is 3.78. The molecule has 4 nitrogen and oxygen atoms in total. The number of carboxylic acid groups (broad SMARTS) is 1. The smallest absolute Gasteiger partial charge is 0.378 e. The fourth-order valence-electron chi connectivity index (χ4n) is 3.58. The molecule has 0 aliphatic heterocycles. The van der Waals surface area contributed by atoms with E-state index in [4.69, 9.17) is 9.84 Å². The Morgan fingerprint density at radius 1 is 0.955 bits per heavy atom. The fraction of sp³-hybridized carbons (Fsp3) is 0.875. The highest BCUT2D eigenvalue weighted by Gasteiger charge is 2.54. The summed E-state index contributed by atoms with van der Waals surface area (Å²) in [6.45, 7) is 0.